The smallest absolute Gasteiger partial charge is 0.137 e. The number of benzene rings is 2. The van der Waals surface area contributed by atoms with Gasteiger partial charge >= 0.3 is 0 Å². The van der Waals surface area contributed by atoms with Gasteiger partial charge in [0.2, 0.25) is 0 Å². The van der Waals surface area contributed by atoms with Crippen molar-refractivity contribution in [1.82, 2.24) is 0 Å². The van der Waals surface area contributed by atoms with Gasteiger partial charge in [0.15, 0.2) is 0 Å². The van der Waals surface area contributed by atoms with Gasteiger partial charge in [0.1, 0.15) is 18.9 Å². The molecule has 110 valence electrons. The lowest BCUT2D eigenvalue weighted by Gasteiger charge is -2.33. The molecule has 1 saturated heterocycles. The first-order valence-corrected chi connectivity index (χ1v) is 7.73. The maximum absolute atomic E-state index is 5.79. The van der Waals surface area contributed by atoms with E-state index in [0.717, 1.165) is 32.0 Å². The summed E-state index contributed by atoms with van der Waals surface area (Å²) in [5.74, 6) is 0.972. The topological polar surface area (TPSA) is 16.9 Å². The molecule has 0 amide bonds. The van der Waals surface area contributed by atoms with E-state index < -0.39 is 0 Å². The first-order chi connectivity index (χ1) is 10.4. The Morgan fingerprint density at radius 2 is 1.48 bits per heavy atom. The van der Waals surface area contributed by atoms with E-state index >= 15 is 0 Å². The number of ether oxygens (including phenoxy) is 1. The molecule has 3 heteroatoms. The Morgan fingerprint density at radius 1 is 0.857 bits per heavy atom. The van der Waals surface area contributed by atoms with Crippen LogP contribution in [0.4, 0.5) is 5.69 Å². The Labute approximate surface area is 126 Å². The van der Waals surface area contributed by atoms with Crippen LogP contribution in [0, 0.1) is 0 Å². The fraction of sp³-hybridized carbons (Fsp3) is 0.333. The Morgan fingerprint density at radius 3 is 2.14 bits per heavy atom. The lowest BCUT2D eigenvalue weighted by molar-refractivity contribution is -0.900. The number of nitrogens with zero attached hydrogens (tertiary/aromatic N) is 1. The van der Waals surface area contributed by atoms with Crippen molar-refractivity contribution >= 4 is 5.69 Å². The van der Waals surface area contributed by atoms with Gasteiger partial charge in [-0.1, -0.05) is 36.4 Å². The Balaban J connectivity index is 1.40. The number of hydrogen-bond donors (Lipinski definition) is 1. The lowest BCUT2D eigenvalue weighted by Crippen LogP contribution is -3.15. The van der Waals surface area contributed by atoms with Crippen LogP contribution < -0.4 is 14.5 Å². The van der Waals surface area contributed by atoms with Crippen LogP contribution in [0.3, 0.4) is 0 Å². The highest BCUT2D eigenvalue weighted by atomic mass is 16.5. The molecule has 0 atom stereocenters. The number of para-hydroxylation sites is 2. The van der Waals surface area contributed by atoms with Crippen LogP contribution in [0.2, 0.25) is 0 Å². The average Bonchev–Trinajstić information content (AvgIpc) is 2.57. The average molecular weight is 283 g/mol. The number of hydrogen-bond acceptors (Lipinski definition) is 2. The molecule has 0 bridgehead atoms. The van der Waals surface area contributed by atoms with Crippen LogP contribution in [0.25, 0.3) is 0 Å². The molecule has 1 fully saturated rings. The van der Waals surface area contributed by atoms with Gasteiger partial charge in [0.25, 0.3) is 0 Å². The summed E-state index contributed by atoms with van der Waals surface area (Å²) in [5.41, 5.74) is 1.34. The van der Waals surface area contributed by atoms with Gasteiger partial charge in [0, 0.05) is 5.69 Å². The summed E-state index contributed by atoms with van der Waals surface area (Å²) in [7, 11) is 0. The van der Waals surface area contributed by atoms with Crippen molar-refractivity contribution < 1.29 is 9.64 Å². The van der Waals surface area contributed by atoms with E-state index in [9.17, 15) is 0 Å². The van der Waals surface area contributed by atoms with E-state index in [1.807, 2.05) is 30.3 Å². The molecule has 21 heavy (non-hydrogen) atoms. The molecular formula is C18H23N2O+. The predicted octanol–water partition coefficient (Wildman–Crippen LogP) is 1.47. The van der Waals surface area contributed by atoms with Crippen LogP contribution in [-0.2, 0) is 0 Å². The summed E-state index contributed by atoms with van der Waals surface area (Å²) < 4.78 is 5.79. The zero-order chi connectivity index (χ0) is 14.3. The predicted molar refractivity (Wildman–Crippen MR) is 86.2 cm³/mol. The largest absolute Gasteiger partial charge is 0.488 e. The highest BCUT2D eigenvalue weighted by Gasteiger charge is 2.19. The third kappa shape index (κ3) is 3.99. The van der Waals surface area contributed by atoms with Gasteiger partial charge in [-0.15, -0.1) is 0 Å². The first kappa shape index (κ1) is 14.0. The second-order valence-electron chi connectivity index (χ2n) is 5.48. The standard InChI is InChI=1S/C18H22N2O/c1-3-7-17(8-4-1)20-13-11-19(12-14-20)15-16-21-18-9-5-2-6-10-18/h1-10H,11-16H2/p+1. The van der Waals surface area contributed by atoms with E-state index in [4.69, 9.17) is 4.74 Å². The molecule has 1 N–H and O–H groups in total. The molecule has 1 aliphatic heterocycles. The minimum absolute atomic E-state index is 0.796. The Hall–Kier alpha value is -2.00. The van der Waals surface area contributed by atoms with Crippen molar-refractivity contribution in [3.63, 3.8) is 0 Å². The summed E-state index contributed by atoms with van der Waals surface area (Å²) in [6, 6.07) is 20.8. The minimum atomic E-state index is 0.796. The molecule has 1 aliphatic rings. The van der Waals surface area contributed by atoms with Crippen LogP contribution >= 0.6 is 0 Å². The van der Waals surface area contributed by atoms with Gasteiger partial charge in [-0.25, -0.2) is 0 Å². The second-order valence-corrected chi connectivity index (χ2v) is 5.48. The first-order valence-electron chi connectivity index (χ1n) is 7.73. The van der Waals surface area contributed by atoms with Crippen molar-refractivity contribution in [3.05, 3.63) is 60.7 Å². The molecule has 3 nitrogen and oxygen atoms in total. The van der Waals surface area contributed by atoms with E-state index in [-0.39, 0.29) is 0 Å². The fourth-order valence-electron chi connectivity index (χ4n) is 2.80. The molecule has 0 radical (unpaired) electrons. The van der Waals surface area contributed by atoms with E-state index in [1.54, 1.807) is 4.90 Å². The molecule has 0 aromatic heterocycles. The zero-order valence-corrected chi connectivity index (χ0v) is 12.4. The van der Waals surface area contributed by atoms with Crippen LogP contribution in [0.15, 0.2) is 60.7 Å². The second kappa shape index (κ2) is 7.14. The van der Waals surface area contributed by atoms with Gasteiger partial charge in [-0.05, 0) is 24.3 Å². The van der Waals surface area contributed by atoms with Gasteiger partial charge in [0.05, 0.1) is 26.2 Å². The minimum Gasteiger partial charge on any atom is -0.488 e. The van der Waals surface area contributed by atoms with Crippen molar-refractivity contribution in [2.24, 2.45) is 0 Å². The SMILES string of the molecule is c1ccc(OCC[NH+]2CCN(c3ccccc3)CC2)cc1. The summed E-state index contributed by atoms with van der Waals surface area (Å²) in [6.07, 6.45) is 0. The van der Waals surface area contributed by atoms with Gasteiger partial charge in [-0.3, -0.25) is 0 Å². The number of anilines is 1. The highest BCUT2D eigenvalue weighted by molar-refractivity contribution is 5.46. The van der Waals surface area contributed by atoms with Crippen LogP contribution in [0.5, 0.6) is 5.75 Å². The molecule has 2 aromatic carbocycles. The molecular weight excluding hydrogens is 260 g/mol. The van der Waals surface area contributed by atoms with Crippen LogP contribution in [0.1, 0.15) is 0 Å². The monoisotopic (exact) mass is 283 g/mol. The summed E-state index contributed by atoms with van der Waals surface area (Å²) in [6.45, 7) is 6.51. The fourth-order valence-corrected chi connectivity index (χ4v) is 2.80. The van der Waals surface area contributed by atoms with E-state index in [1.165, 1.54) is 18.8 Å². The Kier molecular flexibility index (Phi) is 4.74. The third-order valence-electron chi connectivity index (χ3n) is 4.06. The highest BCUT2D eigenvalue weighted by Crippen LogP contribution is 2.12. The zero-order valence-electron chi connectivity index (χ0n) is 12.4. The molecule has 0 unspecified atom stereocenters. The van der Waals surface area contributed by atoms with Crippen molar-refractivity contribution in [1.29, 1.82) is 0 Å². The number of nitrogens with one attached hydrogen (secondary N) is 1. The summed E-state index contributed by atoms with van der Waals surface area (Å²) >= 11 is 0. The molecule has 0 spiro atoms. The maximum atomic E-state index is 5.79. The van der Waals surface area contributed by atoms with E-state index in [2.05, 4.69) is 35.2 Å². The summed E-state index contributed by atoms with van der Waals surface area (Å²) in [4.78, 5) is 4.11. The number of rotatable bonds is 5. The van der Waals surface area contributed by atoms with Crippen molar-refractivity contribution in [3.8, 4) is 5.75 Å². The normalized spacial score (nSPS) is 15.9. The van der Waals surface area contributed by atoms with Gasteiger partial charge < -0.3 is 14.5 Å². The van der Waals surface area contributed by atoms with Crippen molar-refractivity contribution in [2.75, 3.05) is 44.2 Å². The molecule has 2 aromatic rings. The maximum Gasteiger partial charge on any atom is 0.137 e. The molecule has 1 heterocycles. The van der Waals surface area contributed by atoms with E-state index in [0.29, 0.717) is 0 Å². The molecule has 0 aliphatic carbocycles. The third-order valence-corrected chi connectivity index (χ3v) is 4.06. The lowest BCUT2D eigenvalue weighted by atomic mass is 10.2. The van der Waals surface area contributed by atoms with Crippen LogP contribution in [-0.4, -0.2) is 39.3 Å². The quantitative estimate of drug-likeness (QED) is 0.895. The number of piperazine rings is 1. The van der Waals surface area contributed by atoms with Crippen molar-refractivity contribution in [2.45, 2.75) is 0 Å². The van der Waals surface area contributed by atoms with Gasteiger partial charge in [-0.2, -0.15) is 0 Å². The molecule has 0 saturated carbocycles. The Bertz CT molecular complexity index is 519. The number of quaternary nitrogens is 1. The molecule has 3 rings (SSSR count). The summed E-state index contributed by atoms with van der Waals surface area (Å²) in [5, 5.41) is 0.